The molecule has 162 valence electrons. The minimum absolute atomic E-state index is 0.00870. The SMILES string of the molecule is CN1CCN(C(=O)CN(Cc2ccc(Cl)c(Cl)c2)S(=O)(=O)c2ccc(Br)cc2)CC1. The van der Waals surface area contributed by atoms with Crippen LogP contribution in [0, 0.1) is 0 Å². The van der Waals surface area contributed by atoms with Crippen LogP contribution in [0.1, 0.15) is 5.56 Å². The van der Waals surface area contributed by atoms with Crippen molar-refractivity contribution in [2.24, 2.45) is 0 Å². The molecule has 0 bridgehead atoms. The fourth-order valence-corrected chi connectivity index (χ4v) is 5.09. The Hall–Kier alpha value is -1.16. The fourth-order valence-electron chi connectivity index (χ4n) is 3.13. The summed E-state index contributed by atoms with van der Waals surface area (Å²) < 4.78 is 28.6. The van der Waals surface area contributed by atoms with Crippen molar-refractivity contribution in [3.8, 4) is 0 Å². The van der Waals surface area contributed by atoms with Gasteiger partial charge in [0.15, 0.2) is 0 Å². The van der Waals surface area contributed by atoms with Crippen LogP contribution in [-0.4, -0.2) is 68.2 Å². The van der Waals surface area contributed by atoms with Crippen LogP contribution in [0.3, 0.4) is 0 Å². The van der Waals surface area contributed by atoms with E-state index < -0.39 is 10.0 Å². The standard InChI is InChI=1S/C20H22BrCl2N3O3S/c1-24-8-10-25(11-9-24)20(27)14-26(13-15-2-7-18(22)19(23)12-15)30(28,29)17-5-3-16(21)4-6-17/h2-7,12H,8-11,13-14H2,1H3. The normalized spacial score (nSPS) is 15.6. The maximum absolute atomic E-state index is 13.3. The van der Waals surface area contributed by atoms with Crippen molar-refractivity contribution in [3.63, 3.8) is 0 Å². The summed E-state index contributed by atoms with van der Waals surface area (Å²) >= 11 is 15.4. The summed E-state index contributed by atoms with van der Waals surface area (Å²) in [5.74, 6) is -0.219. The van der Waals surface area contributed by atoms with Crippen LogP contribution in [0.2, 0.25) is 10.0 Å². The number of benzene rings is 2. The molecule has 30 heavy (non-hydrogen) atoms. The molecule has 1 fully saturated rings. The quantitative estimate of drug-likeness (QED) is 0.566. The predicted octanol–water partition coefficient (Wildman–Crippen LogP) is 3.72. The number of hydrogen-bond donors (Lipinski definition) is 0. The Morgan fingerprint density at radius 3 is 2.27 bits per heavy atom. The molecule has 1 aliphatic rings. The number of halogens is 3. The van der Waals surface area contributed by atoms with Crippen LogP contribution in [0.15, 0.2) is 51.8 Å². The zero-order valence-electron chi connectivity index (χ0n) is 16.4. The first-order valence-corrected chi connectivity index (χ1v) is 12.3. The Morgan fingerprint density at radius 1 is 1.03 bits per heavy atom. The monoisotopic (exact) mass is 533 g/mol. The van der Waals surface area contributed by atoms with Gasteiger partial charge in [-0.25, -0.2) is 8.42 Å². The molecule has 1 saturated heterocycles. The van der Waals surface area contributed by atoms with Gasteiger partial charge in [0, 0.05) is 37.2 Å². The highest BCUT2D eigenvalue weighted by atomic mass is 79.9. The van der Waals surface area contributed by atoms with Crippen LogP contribution in [0.5, 0.6) is 0 Å². The van der Waals surface area contributed by atoms with Crippen LogP contribution in [0.25, 0.3) is 0 Å². The fraction of sp³-hybridized carbons (Fsp3) is 0.350. The van der Waals surface area contributed by atoms with Gasteiger partial charge in [-0.3, -0.25) is 4.79 Å². The number of rotatable bonds is 6. The van der Waals surface area contributed by atoms with Crippen LogP contribution in [-0.2, 0) is 21.4 Å². The van der Waals surface area contributed by atoms with E-state index in [0.29, 0.717) is 28.7 Å². The molecular formula is C20H22BrCl2N3O3S. The van der Waals surface area contributed by atoms with E-state index in [2.05, 4.69) is 20.8 Å². The molecule has 10 heteroatoms. The first kappa shape index (κ1) is 23.5. The van der Waals surface area contributed by atoms with Crippen molar-refractivity contribution < 1.29 is 13.2 Å². The molecule has 6 nitrogen and oxygen atoms in total. The second kappa shape index (κ2) is 9.97. The molecule has 2 aromatic rings. The summed E-state index contributed by atoms with van der Waals surface area (Å²) in [6, 6.07) is 11.3. The average molecular weight is 535 g/mol. The Morgan fingerprint density at radius 2 is 1.67 bits per heavy atom. The van der Waals surface area contributed by atoms with Gasteiger partial charge in [-0.1, -0.05) is 45.2 Å². The molecule has 0 N–H and O–H groups in total. The van der Waals surface area contributed by atoms with Gasteiger partial charge in [0.25, 0.3) is 0 Å². The summed E-state index contributed by atoms with van der Waals surface area (Å²) in [5.41, 5.74) is 0.649. The summed E-state index contributed by atoms with van der Waals surface area (Å²) in [4.78, 5) is 16.9. The third-order valence-electron chi connectivity index (χ3n) is 4.96. The van der Waals surface area contributed by atoms with Gasteiger partial charge in [0.05, 0.1) is 21.5 Å². The number of nitrogens with zero attached hydrogens (tertiary/aromatic N) is 3. The Balaban J connectivity index is 1.88. The van der Waals surface area contributed by atoms with E-state index in [1.165, 1.54) is 16.4 Å². The van der Waals surface area contributed by atoms with Crippen LogP contribution >= 0.6 is 39.1 Å². The number of sulfonamides is 1. The lowest BCUT2D eigenvalue weighted by Gasteiger charge is -2.33. The Labute approximate surface area is 195 Å². The molecule has 0 aromatic heterocycles. The van der Waals surface area contributed by atoms with Crippen LogP contribution < -0.4 is 0 Å². The smallest absolute Gasteiger partial charge is 0.243 e. The van der Waals surface area contributed by atoms with E-state index in [-0.39, 0.29) is 23.9 Å². The lowest BCUT2D eigenvalue weighted by Crippen LogP contribution is -2.50. The molecule has 0 saturated carbocycles. The van der Waals surface area contributed by atoms with Gasteiger partial charge in [-0.05, 0) is 49.0 Å². The summed E-state index contributed by atoms with van der Waals surface area (Å²) in [7, 11) is -1.91. The van der Waals surface area contributed by atoms with Crippen molar-refractivity contribution in [2.75, 3.05) is 39.8 Å². The number of hydrogen-bond acceptors (Lipinski definition) is 4. The van der Waals surface area contributed by atoms with Crippen molar-refractivity contribution in [1.29, 1.82) is 0 Å². The molecule has 0 radical (unpaired) electrons. The van der Waals surface area contributed by atoms with E-state index in [9.17, 15) is 13.2 Å². The van der Waals surface area contributed by atoms with Crippen molar-refractivity contribution >= 4 is 55.1 Å². The maximum atomic E-state index is 13.3. The summed E-state index contributed by atoms with van der Waals surface area (Å²) in [6.45, 7) is 2.44. The molecule has 1 heterocycles. The van der Waals surface area contributed by atoms with E-state index in [0.717, 1.165) is 17.6 Å². The van der Waals surface area contributed by atoms with Crippen molar-refractivity contribution in [3.05, 3.63) is 62.5 Å². The molecule has 0 atom stereocenters. The third kappa shape index (κ3) is 5.75. The Bertz CT molecular complexity index is 1010. The third-order valence-corrected chi connectivity index (χ3v) is 8.04. The molecular weight excluding hydrogens is 513 g/mol. The molecule has 0 aliphatic carbocycles. The van der Waals surface area contributed by atoms with Gasteiger partial charge in [0.1, 0.15) is 0 Å². The molecule has 1 aliphatic heterocycles. The second-order valence-corrected chi connectivity index (χ2v) is 10.8. The first-order valence-electron chi connectivity index (χ1n) is 9.33. The highest BCUT2D eigenvalue weighted by molar-refractivity contribution is 9.10. The second-order valence-electron chi connectivity index (χ2n) is 7.16. The highest BCUT2D eigenvalue weighted by Gasteiger charge is 2.29. The number of amides is 1. The topological polar surface area (TPSA) is 60.9 Å². The largest absolute Gasteiger partial charge is 0.339 e. The zero-order valence-corrected chi connectivity index (χ0v) is 20.3. The lowest BCUT2D eigenvalue weighted by molar-refractivity contribution is -0.133. The molecule has 2 aromatic carbocycles. The Kier molecular flexibility index (Phi) is 7.81. The minimum atomic E-state index is -3.90. The van der Waals surface area contributed by atoms with E-state index in [4.69, 9.17) is 23.2 Å². The predicted molar refractivity (Wildman–Crippen MR) is 122 cm³/mol. The van der Waals surface area contributed by atoms with E-state index in [1.54, 1.807) is 35.2 Å². The molecule has 1 amide bonds. The van der Waals surface area contributed by atoms with Crippen molar-refractivity contribution in [2.45, 2.75) is 11.4 Å². The molecule has 0 spiro atoms. The summed E-state index contributed by atoms with van der Waals surface area (Å²) in [6.07, 6.45) is 0. The lowest BCUT2D eigenvalue weighted by atomic mass is 10.2. The van der Waals surface area contributed by atoms with Gasteiger partial charge in [0.2, 0.25) is 15.9 Å². The first-order chi connectivity index (χ1) is 14.2. The number of likely N-dealkylation sites (N-methyl/N-ethyl adjacent to an activating group) is 1. The van der Waals surface area contributed by atoms with Crippen molar-refractivity contribution in [1.82, 2.24) is 14.1 Å². The minimum Gasteiger partial charge on any atom is -0.339 e. The molecule has 3 rings (SSSR count). The average Bonchev–Trinajstić information content (AvgIpc) is 2.71. The number of carbonyl (C=O) groups excluding carboxylic acids is 1. The highest BCUT2D eigenvalue weighted by Crippen LogP contribution is 2.25. The molecule has 0 unspecified atom stereocenters. The van der Waals surface area contributed by atoms with Gasteiger partial charge in [-0.15, -0.1) is 0 Å². The van der Waals surface area contributed by atoms with E-state index >= 15 is 0 Å². The van der Waals surface area contributed by atoms with Crippen LogP contribution in [0.4, 0.5) is 0 Å². The zero-order chi connectivity index (χ0) is 21.9. The van der Waals surface area contributed by atoms with Gasteiger partial charge in [-0.2, -0.15) is 4.31 Å². The van der Waals surface area contributed by atoms with Gasteiger partial charge < -0.3 is 9.80 Å². The number of carbonyl (C=O) groups is 1. The van der Waals surface area contributed by atoms with E-state index in [1.807, 2.05) is 7.05 Å². The number of piperazine rings is 1. The van der Waals surface area contributed by atoms with Gasteiger partial charge >= 0.3 is 0 Å². The summed E-state index contributed by atoms with van der Waals surface area (Å²) in [5, 5.41) is 0.719. The maximum Gasteiger partial charge on any atom is 0.243 e.